The van der Waals surface area contributed by atoms with E-state index < -0.39 is 8.56 Å². The van der Waals surface area contributed by atoms with Crippen molar-refractivity contribution >= 4 is 14.0 Å². The lowest BCUT2D eigenvalue weighted by molar-refractivity contribution is -0.112. The molecule has 0 bridgehead atoms. The molecule has 0 spiro atoms. The summed E-state index contributed by atoms with van der Waals surface area (Å²) in [6.07, 6.45) is 5.50. The lowest BCUT2D eigenvalue weighted by atomic mass is 10.5. The lowest BCUT2D eigenvalue weighted by Gasteiger charge is -2.28. The molecule has 18 heavy (non-hydrogen) atoms. The summed E-state index contributed by atoms with van der Waals surface area (Å²) < 4.78 is 11.6. The summed E-state index contributed by atoms with van der Waals surface area (Å²) >= 11 is 0. The molecule has 0 fully saturated rings. The Kier molecular flexibility index (Phi) is 10.1. The van der Waals surface area contributed by atoms with Gasteiger partial charge in [0.25, 0.3) is 0 Å². The molecular formula is C13H26O4Si. The predicted octanol–water partition coefficient (Wildman–Crippen LogP) is 2.35. The molecular weight excluding hydrogens is 248 g/mol. The Bertz CT molecular complexity index is 232. The Hall–Kier alpha value is -0.493. The van der Waals surface area contributed by atoms with Crippen LogP contribution in [0.5, 0.6) is 0 Å². The van der Waals surface area contributed by atoms with Gasteiger partial charge in [-0.3, -0.25) is 4.79 Å². The van der Waals surface area contributed by atoms with Crippen molar-refractivity contribution in [1.29, 1.82) is 0 Å². The van der Waals surface area contributed by atoms with Crippen LogP contribution in [0.3, 0.4) is 0 Å². The van der Waals surface area contributed by atoms with Gasteiger partial charge in [0.2, 0.25) is 0 Å². The van der Waals surface area contributed by atoms with Gasteiger partial charge >= 0.3 is 8.56 Å². The Morgan fingerprint density at radius 1 is 1.22 bits per heavy atom. The summed E-state index contributed by atoms with van der Waals surface area (Å²) in [7, 11) is -2.87. The number of aliphatic hydroxyl groups excluding tert-OH is 1. The van der Waals surface area contributed by atoms with Gasteiger partial charge < -0.3 is 14.0 Å². The first-order valence-electron chi connectivity index (χ1n) is 6.72. The molecule has 0 aromatic heterocycles. The van der Waals surface area contributed by atoms with E-state index in [1.807, 2.05) is 20.8 Å². The van der Waals surface area contributed by atoms with Crippen LogP contribution in [0.15, 0.2) is 12.2 Å². The standard InChI is InChI=1S/C13H26O4Si/c1-4-8-13(15)18(12-7-9-14,16-10-5-2)17-11-6-3/h4,8,14H,5-7,9-12H2,1-3H3. The predicted molar refractivity (Wildman–Crippen MR) is 74.6 cm³/mol. The second-order valence-corrected chi connectivity index (χ2v) is 7.22. The van der Waals surface area contributed by atoms with Crippen molar-refractivity contribution in [2.75, 3.05) is 19.8 Å². The van der Waals surface area contributed by atoms with E-state index in [1.54, 1.807) is 6.08 Å². The summed E-state index contributed by atoms with van der Waals surface area (Å²) in [5, 5.41) is 8.93. The van der Waals surface area contributed by atoms with Crippen molar-refractivity contribution in [2.45, 2.75) is 46.1 Å². The number of hydrogen-bond donors (Lipinski definition) is 1. The largest absolute Gasteiger partial charge is 0.415 e. The Labute approximate surface area is 111 Å². The van der Waals surface area contributed by atoms with Gasteiger partial charge in [0.15, 0.2) is 5.41 Å². The average molecular weight is 274 g/mol. The molecule has 0 saturated heterocycles. The van der Waals surface area contributed by atoms with Crippen LogP contribution >= 0.6 is 0 Å². The smallest absolute Gasteiger partial charge is 0.396 e. The highest BCUT2D eigenvalue weighted by Gasteiger charge is 2.44. The maximum absolute atomic E-state index is 12.2. The quantitative estimate of drug-likeness (QED) is 0.464. The number of allylic oxidation sites excluding steroid dienone is 2. The molecule has 0 aromatic carbocycles. The van der Waals surface area contributed by atoms with Crippen molar-refractivity contribution in [3.8, 4) is 0 Å². The van der Waals surface area contributed by atoms with Crippen LogP contribution in [0.1, 0.15) is 40.0 Å². The zero-order valence-electron chi connectivity index (χ0n) is 11.8. The van der Waals surface area contributed by atoms with E-state index in [4.69, 9.17) is 14.0 Å². The molecule has 0 rings (SSSR count). The van der Waals surface area contributed by atoms with Crippen molar-refractivity contribution in [1.82, 2.24) is 0 Å². The Morgan fingerprint density at radius 2 is 1.78 bits per heavy atom. The minimum absolute atomic E-state index is 0.0413. The molecule has 5 heteroatoms. The fraction of sp³-hybridized carbons (Fsp3) is 0.769. The molecule has 1 N–H and O–H groups in total. The summed E-state index contributed by atoms with van der Waals surface area (Å²) in [6, 6.07) is 0.521. The number of carbonyl (C=O) groups is 1. The molecule has 0 aromatic rings. The van der Waals surface area contributed by atoms with E-state index in [1.165, 1.54) is 6.08 Å². The average Bonchev–Trinajstić information content (AvgIpc) is 2.38. The van der Waals surface area contributed by atoms with Crippen molar-refractivity contribution in [2.24, 2.45) is 0 Å². The van der Waals surface area contributed by atoms with Gasteiger partial charge in [-0.15, -0.1) is 0 Å². The van der Waals surface area contributed by atoms with E-state index in [0.717, 1.165) is 12.8 Å². The summed E-state index contributed by atoms with van der Waals surface area (Å²) in [5.41, 5.74) is 0. The van der Waals surface area contributed by atoms with Gasteiger partial charge in [0.1, 0.15) is 0 Å². The van der Waals surface area contributed by atoms with E-state index in [2.05, 4.69) is 0 Å². The summed E-state index contributed by atoms with van der Waals surface area (Å²) in [4.78, 5) is 12.2. The fourth-order valence-corrected chi connectivity index (χ4v) is 4.59. The van der Waals surface area contributed by atoms with Crippen LogP contribution in [0.4, 0.5) is 0 Å². The van der Waals surface area contributed by atoms with Crippen LogP contribution in [0, 0.1) is 0 Å². The number of aliphatic hydroxyl groups is 1. The normalized spacial score (nSPS) is 12.2. The van der Waals surface area contributed by atoms with Crippen molar-refractivity contribution in [3.63, 3.8) is 0 Å². The molecule has 0 atom stereocenters. The van der Waals surface area contributed by atoms with Gasteiger partial charge in [-0.2, -0.15) is 0 Å². The molecule has 0 aliphatic heterocycles. The number of carbonyl (C=O) groups excluding carboxylic acids is 1. The molecule has 0 unspecified atom stereocenters. The second-order valence-electron chi connectivity index (χ2n) is 4.14. The highest BCUT2D eigenvalue weighted by atomic mass is 28.4. The minimum Gasteiger partial charge on any atom is -0.396 e. The van der Waals surface area contributed by atoms with Crippen LogP contribution in [0.2, 0.25) is 6.04 Å². The molecule has 0 radical (unpaired) electrons. The third kappa shape index (κ3) is 5.91. The summed E-state index contributed by atoms with van der Waals surface area (Å²) in [6.45, 7) is 6.94. The van der Waals surface area contributed by atoms with Gasteiger partial charge in [-0.25, -0.2) is 0 Å². The Balaban J connectivity index is 4.89. The molecule has 0 aliphatic rings. The highest BCUT2D eigenvalue weighted by molar-refractivity contribution is 6.98. The molecule has 0 aliphatic carbocycles. The molecule has 0 heterocycles. The first kappa shape index (κ1) is 17.5. The van der Waals surface area contributed by atoms with E-state index in [9.17, 15) is 4.79 Å². The topological polar surface area (TPSA) is 55.8 Å². The van der Waals surface area contributed by atoms with Crippen LogP contribution < -0.4 is 0 Å². The first-order chi connectivity index (χ1) is 8.66. The lowest BCUT2D eigenvalue weighted by Crippen LogP contribution is -2.50. The van der Waals surface area contributed by atoms with Gasteiger partial charge in [-0.05, 0) is 32.3 Å². The van der Waals surface area contributed by atoms with Crippen molar-refractivity contribution < 1.29 is 18.8 Å². The SMILES string of the molecule is CC=CC(=O)[Si](CCCO)(OCCC)OCCC. The number of hydrogen-bond acceptors (Lipinski definition) is 4. The zero-order chi connectivity index (χ0) is 13.9. The maximum atomic E-state index is 12.2. The highest BCUT2D eigenvalue weighted by Crippen LogP contribution is 2.19. The van der Waals surface area contributed by atoms with Gasteiger partial charge in [0, 0.05) is 25.9 Å². The summed E-state index contributed by atoms with van der Waals surface area (Å²) in [5.74, 6) is 0. The minimum atomic E-state index is -2.87. The fourth-order valence-electron chi connectivity index (χ4n) is 1.58. The van der Waals surface area contributed by atoms with Crippen LogP contribution in [0.25, 0.3) is 0 Å². The van der Waals surface area contributed by atoms with E-state index in [-0.39, 0.29) is 12.0 Å². The van der Waals surface area contributed by atoms with Crippen LogP contribution in [-0.4, -0.2) is 38.9 Å². The maximum Gasteiger partial charge on any atom is 0.415 e. The van der Waals surface area contributed by atoms with Gasteiger partial charge in [-0.1, -0.05) is 19.9 Å². The van der Waals surface area contributed by atoms with Crippen LogP contribution in [-0.2, 0) is 13.6 Å². The monoisotopic (exact) mass is 274 g/mol. The zero-order valence-corrected chi connectivity index (χ0v) is 12.8. The molecule has 0 amide bonds. The third-order valence-corrected chi connectivity index (χ3v) is 5.71. The third-order valence-electron chi connectivity index (χ3n) is 2.44. The first-order valence-corrected chi connectivity index (χ1v) is 8.75. The Morgan fingerprint density at radius 3 is 2.17 bits per heavy atom. The van der Waals surface area contributed by atoms with Gasteiger partial charge in [0.05, 0.1) is 0 Å². The second kappa shape index (κ2) is 10.4. The molecule has 4 nitrogen and oxygen atoms in total. The molecule has 106 valence electrons. The van der Waals surface area contributed by atoms with E-state index >= 15 is 0 Å². The van der Waals surface area contributed by atoms with E-state index in [0.29, 0.717) is 25.7 Å². The number of rotatable bonds is 11. The molecule has 0 saturated carbocycles. The van der Waals surface area contributed by atoms with Crippen molar-refractivity contribution in [3.05, 3.63) is 12.2 Å².